The Morgan fingerprint density at radius 1 is 1.04 bits per heavy atom. The smallest absolute Gasteiger partial charge is 0.244 e. The average molecular weight is 369 g/mol. The number of nitrogens with one attached hydrogen (secondary N) is 1. The van der Waals surface area contributed by atoms with E-state index >= 15 is 0 Å². The average Bonchev–Trinajstić information content (AvgIpc) is 2.67. The van der Waals surface area contributed by atoms with Crippen molar-refractivity contribution in [3.8, 4) is 17.2 Å². The molecule has 0 aliphatic heterocycles. The van der Waals surface area contributed by atoms with Gasteiger partial charge < -0.3 is 19.5 Å². The summed E-state index contributed by atoms with van der Waals surface area (Å²) in [5.41, 5.74) is 1.96. The Balaban J connectivity index is 1.83. The number of amides is 1. The van der Waals surface area contributed by atoms with Crippen LogP contribution in [-0.2, 0) is 11.2 Å². The zero-order valence-corrected chi connectivity index (χ0v) is 16.3. The summed E-state index contributed by atoms with van der Waals surface area (Å²) in [6, 6.07) is 13.4. The molecule has 0 aromatic heterocycles. The molecule has 0 bridgehead atoms. The number of methoxy groups -OCH3 is 2. The van der Waals surface area contributed by atoms with E-state index in [9.17, 15) is 4.79 Å². The number of carbonyl (C=O) groups excluding carboxylic acids is 1. The fourth-order valence-electron chi connectivity index (χ4n) is 2.52. The third-order valence-corrected chi connectivity index (χ3v) is 3.86. The van der Waals surface area contributed by atoms with Gasteiger partial charge in [-0.1, -0.05) is 12.1 Å². The van der Waals surface area contributed by atoms with E-state index in [0.29, 0.717) is 18.0 Å². The standard InChI is InChI=1S/C22H27NO4/c1-16(2)27-19-9-5-17(6-10-19)13-14-23-22(24)12-8-18-7-11-20(25-3)15-21(18)26-4/h5-12,15-16H,13-14H2,1-4H3,(H,23,24)/b12-8+. The number of rotatable bonds is 9. The van der Waals surface area contributed by atoms with Crippen molar-refractivity contribution in [2.45, 2.75) is 26.4 Å². The Morgan fingerprint density at radius 2 is 1.74 bits per heavy atom. The number of benzene rings is 2. The van der Waals surface area contributed by atoms with Gasteiger partial charge in [-0.05, 0) is 56.2 Å². The SMILES string of the molecule is COc1ccc(/C=C/C(=O)NCCc2ccc(OC(C)C)cc2)c(OC)c1. The van der Waals surface area contributed by atoms with E-state index in [2.05, 4.69) is 5.32 Å². The molecule has 0 unspecified atom stereocenters. The summed E-state index contributed by atoms with van der Waals surface area (Å²) < 4.78 is 16.1. The molecule has 0 atom stereocenters. The molecule has 2 aromatic rings. The summed E-state index contributed by atoms with van der Waals surface area (Å²) >= 11 is 0. The van der Waals surface area contributed by atoms with Gasteiger partial charge in [-0.2, -0.15) is 0 Å². The summed E-state index contributed by atoms with van der Waals surface area (Å²) in [5, 5.41) is 2.89. The fraction of sp³-hybridized carbons (Fsp3) is 0.318. The van der Waals surface area contributed by atoms with Crippen LogP contribution >= 0.6 is 0 Å². The topological polar surface area (TPSA) is 56.8 Å². The first-order valence-electron chi connectivity index (χ1n) is 8.95. The highest BCUT2D eigenvalue weighted by atomic mass is 16.5. The molecule has 0 fully saturated rings. The van der Waals surface area contributed by atoms with Crippen LogP contribution in [0.2, 0.25) is 0 Å². The lowest BCUT2D eigenvalue weighted by molar-refractivity contribution is -0.116. The van der Waals surface area contributed by atoms with E-state index in [1.807, 2.05) is 50.2 Å². The Morgan fingerprint density at radius 3 is 2.37 bits per heavy atom. The maximum Gasteiger partial charge on any atom is 0.244 e. The van der Waals surface area contributed by atoms with Gasteiger partial charge in [-0.25, -0.2) is 0 Å². The minimum atomic E-state index is -0.146. The van der Waals surface area contributed by atoms with Crippen molar-refractivity contribution in [1.82, 2.24) is 5.32 Å². The molecular formula is C22H27NO4. The van der Waals surface area contributed by atoms with Crippen LogP contribution in [0.4, 0.5) is 0 Å². The highest BCUT2D eigenvalue weighted by Gasteiger charge is 2.03. The van der Waals surface area contributed by atoms with Crippen LogP contribution in [0.1, 0.15) is 25.0 Å². The quantitative estimate of drug-likeness (QED) is 0.682. The minimum Gasteiger partial charge on any atom is -0.497 e. The molecule has 0 aliphatic carbocycles. The highest BCUT2D eigenvalue weighted by molar-refractivity contribution is 5.92. The molecular weight excluding hydrogens is 342 g/mol. The molecule has 0 saturated carbocycles. The van der Waals surface area contributed by atoms with Gasteiger partial charge in [0.2, 0.25) is 5.91 Å². The predicted molar refractivity (Wildman–Crippen MR) is 107 cm³/mol. The van der Waals surface area contributed by atoms with Crippen LogP contribution in [0.3, 0.4) is 0 Å². The third kappa shape index (κ3) is 6.70. The lowest BCUT2D eigenvalue weighted by Crippen LogP contribution is -2.23. The van der Waals surface area contributed by atoms with Gasteiger partial charge in [-0.3, -0.25) is 4.79 Å². The van der Waals surface area contributed by atoms with Gasteiger partial charge in [-0.15, -0.1) is 0 Å². The van der Waals surface area contributed by atoms with E-state index in [4.69, 9.17) is 14.2 Å². The zero-order valence-electron chi connectivity index (χ0n) is 16.3. The van der Waals surface area contributed by atoms with E-state index in [0.717, 1.165) is 23.3 Å². The fourth-order valence-corrected chi connectivity index (χ4v) is 2.52. The van der Waals surface area contributed by atoms with Crippen LogP contribution in [0.5, 0.6) is 17.2 Å². The van der Waals surface area contributed by atoms with Crippen LogP contribution in [0.15, 0.2) is 48.5 Å². The maximum absolute atomic E-state index is 12.0. The van der Waals surface area contributed by atoms with Gasteiger partial charge in [0, 0.05) is 24.3 Å². The first kappa shape index (κ1) is 20.4. The van der Waals surface area contributed by atoms with Crippen molar-refractivity contribution in [3.63, 3.8) is 0 Å². The van der Waals surface area contributed by atoms with Crippen LogP contribution in [-0.4, -0.2) is 32.8 Å². The molecule has 0 saturated heterocycles. The first-order valence-corrected chi connectivity index (χ1v) is 8.95. The maximum atomic E-state index is 12.0. The Labute approximate surface area is 161 Å². The molecule has 2 aromatic carbocycles. The van der Waals surface area contributed by atoms with Crippen molar-refractivity contribution in [2.24, 2.45) is 0 Å². The summed E-state index contributed by atoms with van der Waals surface area (Å²) in [6.45, 7) is 4.56. The van der Waals surface area contributed by atoms with Crippen LogP contribution in [0.25, 0.3) is 6.08 Å². The summed E-state index contributed by atoms with van der Waals surface area (Å²) in [6.07, 6.45) is 4.15. The predicted octanol–water partition coefficient (Wildman–Crippen LogP) is 3.86. The molecule has 2 rings (SSSR count). The summed E-state index contributed by atoms with van der Waals surface area (Å²) in [4.78, 5) is 12.0. The van der Waals surface area contributed by atoms with Crippen molar-refractivity contribution >= 4 is 12.0 Å². The van der Waals surface area contributed by atoms with Crippen LogP contribution in [0, 0.1) is 0 Å². The number of hydrogen-bond acceptors (Lipinski definition) is 4. The summed E-state index contributed by atoms with van der Waals surface area (Å²) in [7, 11) is 3.19. The number of ether oxygens (including phenoxy) is 3. The number of carbonyl (C=O) groups is 1. The molecule has 144 valence electrons. The molecule has 0 heterocycles. The van der Waals surface area contributed by atoms with Gasteiger partial charge in [0.05, 0.1) is 20.3 Å². The van der Waals surface area contributed by atoms with Crippen molar-refractivity contribution in [1.29, 1.82) is 0 Å². The molecule has 1 N–H and O–H groups in total. The minimum absolute atomic E-state index is 0.146. The lowest BCUT2D eigenvalue weighted by atomic mass is 10.1. The Bertz CT molecular complexity index is 766. The first-order chi connectivity index (χ1) is 13.0. The molecule has 0 spiro atoms. The monoisotopic (exact) mass is 369 g/mol. The Hall–Kier alpha value is -2.95. The highest BCUT2D eigenvalue weighted by Crippen LogP contribution is 2.25. The van der Waals surface area contributed by atoms with Gasteiger partial charge in [0.15, 0.2) is 0 Å². The molecule has 0 aliphatic rings. The van der Waals surface area contributed by atoms with Crippen molar-refractivity contribution in [3.05, 3.63) is 59.7 Å². The summed E-state index contributed by atoms with van der Waals surface area (Å²) in [5.74, 6) is 2.07. The van der Waals surface area contributed by atoms with E-state index in [-0.39, 0.29) is 12.0 Å². The second-order valence-electron chi connectivity index (χ2n) is 6.29. The van der Waals surface area contributed by atoms with E-state index in [1.165, 1.54) is 6.08 Å². The van der Waals surface area contributed by atoms with Crippen molar-refractivity contribution < 1.29 is 19.0 Å². The Kier molecular flexibility index (Phi) is 7.74. The normalized spacial score (nSPS) is 10.9. The molecule has 27 heavy (non-hydrogen) atoms. The van der Waals surface area contributed by atoms with Gasteiger partial charge in [0.25, 0.3) is 0 Å². The largest absolute Gasteiger partial charge is 0.497 e. The lowest BCUT2D eigenvalue weighted by Gasteiger charge is -2.10. The molecule has 5 nitrogen and oxygen atoms in total. The molecule has 1 amide bonds. The second-order valence-corrected chi connectivity index (χ2v) is 6.29. The van der Waals surface area contributed by atoms with Crippen LogP contribution < -0.4 is 19.5 Å². The molecule has 0 radical (unpaired) electrons. The second kappa shape index (κ2) is 10.3. The third-order valence-electron chi connectivity index (χ3n) is 3.86. The molecule has 5 heteroatoms. The van der Waals surface area contributed by atoms with E-state index in [1.54, 1.807) is 26.4 Å². The number of hydrogen-bond donors (Lipinski definition) is 1. The van der Waals surface area contributed by atoms with Gasteiger partial charge in [0.1, 0.15) is 17.2 Å². The van der Waals surface area contributed by atoms with Crippen molar-refractivity contribution in [2.75, 3.05) is 20.8 Å². The van der Waals surface area contributed by atoms with E-state index < -0.39 is 0 Å². The zero-order chi connectivity index (χ0) is 19.6. The van der Waals surface area contributed by atoms with Gasteiger partial charge >= 0.3 is 0 Å².